The highest BCUT2D eigenvalue weighted by Gasteiger charge is 2.15. The molecule has 0 aliphatic rings. The number of hydrogen-bond acceptors (Lipinski definition) is 2. The molecule has 0 aliphatic carbocycles. The van der Waals surface area contributed by atoms with E-state index in [1.807, 2.05) is 12.3 Å². The molecule has 21 heavy (non-hydrogen) atoms. The quantitative estimate of drug-likeness (QED) is 0.757. The van der Waals surface area contributed by atoms with Crippen molar-refractivity contribution < 1.29 is 0 Å². The van der Waals surface area contributed by atoms with Crippen molar-refractivity contribution in [3.63, 3.8) is 0 Å². The van der Waals surface area contributed by atoms with Crippen LogP contribution in [0.2, 0.25) is 19.6 Å². The van der Waals surface area contributed by atoms with E-state index in [-0.39, 0.29) is 0 Å². The first-order chi connectivity index (χ1) is 9.99. The van der Waals surface area contributed by atoms with E-state index in [4.69, 9.17) is 0 Å². The number of pyridine rings is 1. The van der Waals surface area contributed by atoms with E-state index in [9.17, 15) is 0 Å². The van der Waals surface area contributed by atoms with Gasteiger partial charge in [-0.2, -0.15) is 0 Å². The van der Waals surface area contributed by atoms with Crippen molar-refractivity contribution in [1.29, 1.82) is 0 Å². The standard InChI is InChI=1S/C18H26N2Si/c1-5-20(15-17-8-6-7-13-19-17)14-16-9-11-18(12-10-16)21(2,3)4/h6-13H,5,14-15H2,1-4H3. The largest absolute Gasteiger partial charge is 0.294 e. The van der Waals surface area contributed by atoms with Crippen LogP contribution in [0.3, 0.4) is 0 Å². The summed E-state index contributed by atoms with van der Waals surface area (Å²) in [6.45, 7) is 12.3. The predicted molar refractivity (Wildman–Crippen MR) is 93.4 cm³/mol. The number of hydrogen-bond donors (Lipinski definition) is 0. The van der Waals surface area contributed by atoms with Crippen molar-refractivity contribution in [3.8, 4) is 0 Å². The van der Waals surface area contributed by atoms with E-state index in [0.29, 0.717) is 0 Å². The van der Waals surface area contributed by atoms with E-state index >= 15 is 0 Å². The van der Waals surface area contributed by atoms with Gasteiger partial charge in [0.15, 0.2) is 0 Å². The summed E-state index contributed by atoms with van der Waals surface area (Å²) in [4.78, 5) is 6.84. The molecule has 2 nitrogen and oxygen atoms in total. The molecule has 0 saturated heterocycles. The highest BCUT2D eigenvalue weighted by molar-refractivity contribution is 6.88. The average molecular weight is 299 g/mol. The first-order valence-corrected chi connectivity index (χ1v) is 11.2. The van der Waals surface area contributed by atoms with Gasteiger partial charge in [-0.15, -0.1) is 0 Å². The number of nitrogens with zero attached hydrogens (tertiary/aromatic N) is 2. The second kappa shape index (κ2) is 7.01. The van der Waals surface area contributed by atoms with Gasteiger partial charge in [0.05, 0.1) is 13.8 Å². The smallest absolute Gasteiger partial charge is 0.0775 e. The van der Waals surface area contributed by atoms with E-state index < -0.39 is 8.07 Å². The highest BCUT2D eigenvalue weighted by Crippen LogP contribution is 2.09. The predicted octanol–water partition coefficient (Wildman–Crippen LogP) is 3.65. The van der Waals surface area contributed by atoms with Gasteiger partial charge in [-0.1, -0.05) is 62.1 Å². The van der Waals surface area contributed by atoms with Crippen LogP contribution < -0.4 is 5.19 Å². The summed E-state index contributed by atoms with van der Waals surface area (Å²) in [7, 11) is -1.19. The molecule has 0 atom stereocenters. The van der Waals surface area contributed by atoms with Crippen molar-refractivity contribution in [1.82, 2.24) is 9.88 Å². The number of benzene rings is 1. The van der Waals surface area contributed by atoms with Gasteiger partial charge in [0, 0.05) is 19.3 Å². The van der Waals surface area contributed by atoms with Crippen LogP contribution in [0.4, 0.5) is 0 Å². The Morgan fingerprint density at radius 1 is 0.952 bits per heavy atom. The zero-order chi connectivity index (χ0) is 15.3. The third kappa shape index (κ3) is 4.79. The summed E-state index contributed by atoms with van der Waals surface area (Å²) >= 11 is 0. The molecule has 0 saturated carbocycles. The van der Waals surface area contributed by atoms with Crippen molar-refractivity contribution in [3.05, 3.63) is 59.9 Å². The molecule has 2 rings (SSSR count). The Hall–Kier alpha value is -1.45. The summed E-state index contributed by atoms with van der Waals surface area (Å²) in [5, 5.41) is 1.53. The van der Waals surface area contributed by atoms with Crippen molar-refractivity contribution in [2.24, 2.45) is 0 Å². The minimum Gasteiger partial charge on any atom is -0.294 e. The number of aromatic nitrogens is 1. The van der Waals surface area contributed by atoms with Crippen molar-refractivity contribution in [2.45, 2.75) is 39.7 Å². The van der Waals surface area contributed by atoms with E-state index in [2.05, 4.69) is 72.8 Å². The molecule has 2 aromatic rings. The fraction of sp³-hybridized carbons (Fsp3) is 0.389. The van der Waals surface area contributed by atoms with Gasteiger partial charge in [0.2, 0.25) is 0 Å². The van der Waals surface area contributed by atoms with Gasteiger partial charge in [0.1, 0.15) is 0 Å². The van der Waals surface area contributed by atoms with Crippen LogP contribution in [-0.2, 0) is 13.1 Å². The first-order valence-electron chi connectivity index (χ1n) is 7.70. The Kier molecular flexibility index (Phi) is 5.31. The highest BCUT2D eigenvalue weighted by atomic mass is 28.3. The molecule has 1 heterocycles. The van der Waals surface area contributed by atoms with Gasteiger partial charge < -0.3 is 0 Å². The van der Waals surface area contributed by atoms with E-state index in [1.165, 1.54) is 10.8 Å². The van der Waals surface area contributed by atoms with Crippen LogP contribution in [0.15, 0.2) is 48.7 Å². The topological polar surface area (TPSA) is 16.1 Å². The third-order valence-corrected chi connectivity index (χ3v) is 5.85. The van der Waals surface area contributed by atoms with Crippen LogP contribution in [0.5, 0.6) is 0 Å². The SMILES string of the molecule is CCN(Cc1ccc([Si](C)(C)C)cc1)Cc1ccccn1. The van der Waals surface area contributed by atoms with Crippen LogP contribution in [0.1, 0.15) is 18.2 Å². The first kappa shape index (κ1) is 15.9. The van der Waals surface area contributed by atoms with Crippen LogP contribution in [0.25, 0.3) is 0 Å². The lowest BCUT2D eigenvalue weighted by atomic mass is 10.2. The van der Waals surface area contributed by atoms with Crippen LogP contribution in [0, 0.1) is 0 Å². The molecule has 0 radical (unpaired) electrons. The van der Waals surface area contributed by atoms with Crippen molar-refractivity contribution in [2.75, 3.05) is 6.54 Å². The van der Waals surface area contributed by atoms with Gasteiger partial charge in [-0.3, -0.25) is 9.88 Å². The second-order valence-corrected chi connectivity index (χ2v) is 11.6. The second-order valence-electron chi connectivity index (χ2n) is 6.57. The molecule has 1 aromatic heterocycles. The molecular formula is C18H26N2Si. The summed E-state index contributed by atoms with van der Waals surface area (Å²) in [5.41, 5.74) is 2.52. The molecular weight excluding hydrogens is 272 g/mol. The molecule has 0 amide bonds. The van der Waals surface area contributed by atoms with Gasteiger partial charge in [-0.05, 0) is 24.2 Å². The Morgan fingerprint density at radius 2 is 1.67 bits per heavy atom. The van der Waals surface area contributed by atoms with Gasteiger partial charge >= 0.3 is 0 Å². The molecule has 0 aliphatic heterocycles. The molecule has 0 N–H and O–H groups in total. The Labute approximate surface area is 129 Å². The Bertz CT molecular complexity index is 544. The summed E-state index contributed by atoms with van der Waals surface area (Å²) in [5.74, 6) is 0. The summed E-state index contributed by atoms with van der Waals surface area (Å²) in [6.07, 6.45) is 1.87. The average Bonchev–Trinajstić information content (AvgIpc) is 2.47. The maximum Gasteiger partial charge on any atom is 0.0775 e. The van der Waals surface area contributed by atoms with E-state index in [0.717, 1.165) is 25.3 Å². The fourth-order valence-corrected chi connectivity index (χ4v) is 3.54. The van der Waals surface area contributed by atoms with E-state index in [1.54, 1.807) is 0 Å². The van der Waals surface area contributed by atoms with Gasteiger partial charge in [0.25, 0.3) is 0 Å². The summed E-state index contributed by atoms with van der Waals surface area (Å²) < 4.78 is 0. The van der Waals surface area contributed by atoms with Crippen LogP contribution in [-0.4, -0.2) is 24.5 Å². The molecule has 1 aromatic carbocycles. The minimum atomic E-state index is -1.19. The summed E-state index contributed by atoms with van der Waals surface area (Å²) in [6, 6.07) is 15.3. The molecule has 0 spiro atoms. The molecule has 0 bridgehead atoms. The zero-order valence-electron chi connectivity index (χ0n) is 13.6. The lowest BCUT2D eigenvalue weighted by Crippen LogP contribution is -2.37. The van der Waals surface area contributed by atoms with Crippen LogP contribution >= 0.6 is 0 Å². The monoisotopic (exact) mass is 298 g/mol. The van der Waals surface area contributed by atoms with Gasteiger partial charge in [-0.25, -0.2) is 0 Å². The normalized spacial score (nSPS) is 11.9. The Balaban J connectivity index is 2.02. The molecule has 3 heteroatoms. The molecule has 0 unspecified atom stereocenters. The number of rotatable bonds is 6. The van der Waals surface area contributed by atoms with Crippen molar-refractivity contribution >= 4 is 13.3 Å². The maximum atomic E-state index is 4.42. The molecule has 0 fully saturated rings. The third-order valence-electron chi connectivity index (χ3n) is 3.79. The lowest BCUT2D eigenvalue weighted by molar-refractivity contribution is 0.268. The fourth-order valence-electron chi connectivity index (χ4n) is 2.37. The maximum absolute atomic E-state index is 4.42. The molecule has 112 valence electrons. The zero-order valence-corrected chi connectivity index (χ0v) is 14.6. The minimum absolute atomic E-state index is 0.910. The lowest BCUT2D eigenvalue weighted by Gasteiger charge is -2.21. The Morgan fingerprint density at radius 3 is 2.19 bits per heavy atom.